The first kappa shape index (κ1) is 13.4. The number of aromatic carboxylic acids is 1. The average Bonchev–Trinajstić information content (AvgIpc) is 2.64. The van der Waals surface area contributed by atoms with E-state index < -0.39 is 16.8 Å². The van der Waals surface area contributed by atoms with Gasteiger partial charge in [-0.25, -0.2) is 4.79 Å². The van der Waals surface area contributed by atoms with Gasteiger partial charge in [-0.3, -0.25) is 9.00 Å². The van der Waals surface area contributed by atoms with Crippen molar-refractivity contribution in [2.24, 2.45) is 0 Å². The normalized spacial score (nSPS) is 12.4. The van der Waals surface area contributed by atoms with Crippen LogP contribution in [0.5, 0.6) is 0 Å². The number of furan rings is 1. The third-order valence-corrected chi connectivity index (χ3v) is 2.92. The van der Waals surface area contributed by atoms with Crippen molar-refractivity contribution in [1.29, 1.82) is 0 Å². The first-order valence-electron chi connectivity index (χ1n) is 4.91. The van der Waals surface area contributed by atoms with Crippen molar-refractivity contribution in [1.82, 2.24) is 5.32 Å². The van der Waals surface area contributed by atoms with Crippen molar-refractivity contribution in [3.05, 3.63) is 17.9 Å². The van der Waals surface area contributed by atoms with Crippen LogP contribution in [0.4, 0.5) is 0 Å². The van der Waals surface area contributed by atoms with Gasteiger partial charge in [0.15, 0.2) is 5.09 Å². The molecule has 0 aliphatic heterocycles. The van der Waals surface area contributed by atoms with Crippen molar-refractivity contribution in [3.63, 3.8) is 0 Å². The lowest BCUT2D eigenvalue weighted by Gasteiger charge is -2.06. The number of nitrogens with one attached hydrogen (secondary N) is 1. The Morgan fingerprint density at radius 1 is 1.47 bits per heavy atom. The summed E-state index contributed by atoms with van der Waals surface area (Å²) >= 11 is 0. The molecule has 0 fully saturated rings. The number of hydrogen-bond donors (Lipinski definition) is 2. The largest absolute Gasteiger partial charge is 0.475 e. The van der Waals surface area contributed by atoms with Gasteiger partial charge in [-0.1, -0.05) is 0 Å². The van der Waals surface area contributed by atoms with Crippen LogP contribution in [0.15, 0.2) is 21.6 Å². The first-order valence-corrected chi connectivity index (χ1v) is 6.23. The molecule has 1 unspecified atom stereocenters. The zero-order valence-corrected chi connectivity index (χ0v) is 10.2. The lowest BCUT2D eigenvalue weighted by atomic mass is 10.4. The molecule has 1 aromatic rings. The highest BCUT2D eigenvalue weighted by molar-refractivity contribution is 7.85. The molecule has 0 aromatic carbocycles. The second-order valence-electron chi connectivity index (χ2n) is 3.64. The number of carbonyl (C=O) groups excluding carboxylic acids is 1. The predicted molar refractivity (Wildman–Crippen MR) is 60.2 cm³/mol. The van der Waals surface area contributed by atoms with E-state index in [2.05, 4.69) is 5.32 Å². The van der Waals surface area contributed by atoms with E-state index in [0.29, 0.717) is 0 Å². The Morgan fingerprint density at radius 3 is 2.59 bits per heavy atom. The fraction of sp³-hybridized carbons (Fsp3) is 0.400. The third kappa shape index (κ3) is 4.03. The number of amides is 1. The maximum absolute atomic E-state index is 11.6. The average molecular weight is 259 g/mol. The molecule has 7 heteroatoms. The molecule has 17 heavy (non-hydrogen) atoms. The molecule has 0 aliphatic carbocycles. The monoisotopic (exact) mass is 259 g/mol. The molecule has 0 saturated carbocycles. The lowest BCUT2D eigenvalue weighted by Crippen LogP contribution is -2.33. The van der Waals surface area contributed by atoms with E-state index in [9.17, 15) is 13.8 Å². The van der Waals surface area contributed by atoms with E-state index in [1.54, 1.807) is 13.8 Å². The highest BCUT2D eigenvalue weighted by Gasteiger charge is 2.16. The molecule has 0 bridgehead atoms. The van der Waals surface area contributed by atoms with Gasteiger partial charge in [0.25, 0.3) is 0 Å². The molecule has 1 aromatic heterocycles. The Morgan fingerprint density at radius 2 is 2.12 bits per heavy atom. The Kier molecular flexibility index (Phi) is 4.45. The highest BCUT2D eigenvalue weighted by atomic mass is 32.2. The summed E-state index contributed by atoms with van der Waals surface area (Å²) in [5.74, 6) is -2.14. The van der Waals surface area contributed by atoms with Crippen molar-refractivity contribution < 1.29 is 23.3 Å². The number of carboxylic acid groups (broad SMARTS) is 1. The summed E-state index contributed by atoms with van der Waals surface area (Å²) in [6, 6.07) is 2.46. The summed E-state index contributed by atoms with van der Waals surface area (Å²) in [6.45, 7) is 3.58. The minimum Gasteiger partial charge on any atom is -0.475 e. The molecule has 6 nitrogen and oxygen atoms in total. The maximum Gasteiger partial charge on any atom is 0.371 e. The Balaban J connectivity index is 2.63. The molecule has 1 heterocycles. The Bertz CT molecular complexity index is 451. The standard InChI is InChI=1S/C10H13NO5S/c1-6(2)11-8(12)5-17(15)9-4-3-7(16-9)10(13)14/h3-4,6H,5H2,1-2H3,(H,11,12)(H,13,14). The van der Waals surface area contributed by atoms with Crippen molar-refractivity contribution in [2.45, 2.75) is 25.0 Å². The smallest absolute Gasteiger partial charge is 0.371 e. The number of rotatable bonds is 5. The van der Waals surface area contributed by atoms with Gasteiger partial charge < -0.3 is 14.8 Å². The minimum absolute atomic E-state index is 0.0127. The molecule has 0 aliphatic rings. The van der Waals surface area contributed by atoms with Gasteiger partial charge in [-0.2, -0.15) is 0 Å². The van der Waals surface area contributed by atoms with Crippen LogP contribution in [0, 0.1) is 0 Å². The van der Waals surface area contributed by atoms with E-state index >= 15 is 0 Å². The number of hydrogen-bond acceptors (Lipinski definition) is 4. The van der Waals surface area contributed by atoms with E-state index in [0.717, 1.165) is 0 Å². The van der Waals surface area contributed by atoms with Crippen LogP contribution < -0.4 is 5.32 Å². The lowest BCUT2D eigenvalue weighted by molar-refractivity contribution is -0.119. The molecular formula is C10H13NO5S. The quantitative estimate of drug-likeness (QED) is 0.807. The van der Waals surface area contributed by atoms with Gasteiger partial charge in [0.1, 0.15) is 5.75 Å². The van der Waals surface area contributed by atoms with Crippen molar-refractivity contribution in [3.8, 4) is 0 Å². The molecule has 1 atom stereocenters. The first-order chi connectivity index (χ1) is 7.90. The molecule has 0 radical (unpaired) electrons. The van der Waals surface area contributed by atoms with Crippen LogP contribution in [-0.2, 0) is 15.6 Å². The number of carbonyl (C=O) groups is 2. The van der Waals surface area contributed by atoms with Crippen molar-refractivity contribution >= 4 is 22.7 Å². The predicted octanol–water partition coefficient (Wildman–Crippen LogP) is 0.610. The fourth-order valence-electron chi connectivity index (χ4n) is 1.11. The van der Waals surface area contributed by atoms with Gasteiger partial charge in [0.2, 0.25) is 11.7 Å². The SMILES string of the molecule is CC(C)NC(=O)CS(=O)c1ccc(C(=O)O)o1. The summed E-state index contributed by atoms with van der Waals surface area (Å²) < 4.78 is 16.5. The van der Waals surface area contributed by atoms with Crippen LogP contribution in [0.25, 0.3) is 0 Å². The molecule has 1 amide bonds. The van der Waals surface area contributed by atoms with Gasteiger partial charge in [0, 0.05) is 6.04 Å². The maximum atomic E-state index is 11.6. The minimum atomic E-state index is -1.67. The molecule has 2 N–H and O–H groups in total. The summed E-state index contributed by atoms with van der Waals surface area (Å²) in [4.78, 5) is 21.8. The van der Waals surface area contributed by atoms with E-state index in [-0.39, 0.29) is 28.6 Å². The summed E-state index contributed by atoms with van der Waals surface area (Å²) in [6.07, 6.45) is 0. The second kappa shape index (κ2) is 5.62. The van der Waals surface area contributed by atoms with Crippen LogP contribution in [-0.4, -0.2) is 33.0 Å². The van der Waals surface area contributed by atoms with Crippen molar-refractivity contribution in [2.75, 3.05) is 5.75 Å². The van der Waals surface area contributed by atoms with Crippen LogP contribution in [0.2, 0.25) is 0 Å². The van der Waals surface area contributed by atoms with E-state index in [1.165, 1.54) is 12.1 Å². The molecule has 94 valence electrons. The molecule has 1 rings (SSSR count). The second-order valence-corrected chi connectivity index (χ2v) is 5.02. The van der Waals surface area contributed by atoms with Crippen LogP contribution in [0.3, 0.4) is 0 Å². The molecule has 0 spiro atoms. The van der Waals surface area contributed by atoms with Crippen LogP contribution >= 0.6 is 0 Å². The fourth-order valence-corrected chi connectivity index (χ4v) is 1.98. The summed E-state index contributed by atoms with van der Waals surface area (Å²) in [5.41, 5.74) is 0. The van der Waals surface area contributed by atoms with Gasteiger partial charge in [-0.05, 0) is 26.0 Å². The van der Waals surface area contributed by atoms with E-state index in [4.69, 9.17) is 9.52 Å². The zero-order chi connectivity index (χ0) is 13.0. The van der Waals surface area contributed by atoms with Gasteiger partial charge >= 0.3 is 5.97 Å². The summed E-state index contributed by atoms with van der Waals surface area (Å²) in [7, 11) is -1.67. The highest BCUT2D eigenvalue weighted by Crippen LogP contribution is 2.12. The molecular weight excluding hydrogens is 246 g/mol. The molecule has 0 saturated heterocycles. The van der Waals surface area contributed by atoms with E-state index in [1.807, 2.05) is 0 Å². The van der Waals surface area contributed by atoms with Gasteiger partial charge in [0.05, 0.1) is 10.8 Å². The zero-order valence-electron chi connectivity index (χ0n) is 9.43. The Labute approximate surface area is 100 Å². The Hall–Kier alpha value is -1.63. The number of carboxylic acids is 1. The summed E-state index contributed by atoms with van der Waals surface area (Å²) in [5, 5.41) is 11.2. The third-order valence-electron chi connectivity index (χ3n) is 1.73. The topological polar surface area (TPSA) is 96.6 Å². The van der Waals surface area contributed by atoms with Gasteiger partial charge in [-0.15, -0.1) is 0 Å². The van der Waals surface area contributed by atoms with Crippen LogP contribution in [0.1, 0.15) is 24.4 Å².